The van der Waals surface area contributed by atoms with E-state index in [9.17, 15) is 0 Å². The average molecular weight is 382 g/mol. The van der Waals surface area contributed by atoms with E-state index in [1.54, 1.807) is 0 Å². The molecule has 3 aromatic rings. The number of pyridine rings is 1. The molecule has 0 aliphatic carbocycles. The van der Waals surface area contributed by atoms with Crippen LogP contribution in [0.25, 0.3) is 21.8 Å². The van der Waals surface area contributed by atoms with Gasteiger partial charge in [0.05, 0.1) is 11.0 Å². The van der Waals surface area contributed by atoms with Gasteiger partial charge in [-0.15, -0.1) is 0 Å². The van der Waals surface area contributed by atoms with Crippen molar-refractivity contribution < 1.29 is 0 Å². The largest absolute Gasteiger partial charge is 0.383 e. The highest BCUT2D eigenvalue weighted by atomic mass is 14.9. The smallest absolute Gasteiger partial charge is 0.133 e. The fraction of sp³-hybridized carbons (Fsp3) is 0.522. The maximum Gasteiger partial charge on any atom is 0.133 e. The lowest BCUT2D eigenvalue weighted by Gasteiger charge is -2.20. The summed E-state index contributed by atoms with van der Waals surface area (Å²) in [5.41, 5.74) is 11.0. The SMILES string of the molecule is CCNCc1cc2c(N)nc3cc(CCCCCNC(C)(C)C)ccc3c2[nH]1. The Morgan fingerprint density at radius 1 is 1.07 bits per heavy atom. The van der Waals surface area contributed by atoms with Gasteiger partial charge in [0.2, 0.25) is 0 Å². The zero-order chi connectivity index (χ0) is 20.1. The molecule has 3 rings (SSSR count). The first kappa shape index (κ1) is 20.6. The van der Waals surface area contributed by atoms with Gasteiger partial charge in [-0.05, 0) is 70.8 Å². The van der Waals surface area contributed by atoms with Gasteiger partial charge in [0.15, 0.2) is 0 Å². The molecule has 2 heterocycles. The fourth-order valence-electron chi connectivity index (χ4n) is 3.60. The number of rotatable bonds is 9. The molecular formula is C23H35N5. The third-order valence-corrected chi connectivity index (χ3v) is 5.08. The number of aromatic nitrogens is 2. The predicted molar refractivity (Wildman–Crippen MR) is 121 cm³/mol. The van der Waals surface area contributed by atoms with Crippen molar-refractivity contribution in [1.29, 1.82) is 0 Å². The lowest BCUT2D eigenvalue weighted by molar-refractivity contribution is 0.417. The summed E-state index contributed by atoms with van der Waals surface area (Å²) in [4.78, 5) is 8.19. The quantitative estimate of drug-likeness (QED) is 0.411. The van der Waals surface area contributed by atoms with Crippen molar-refractivity contribution in [3.63, 3.8) is 0 Å². The number of nitrogens with one attached hydrogen (secondary N) is 3. The van der Waals surface area contributed by atoms with E-state index < -0.39 is 0 Å². The lowest BCUT2D eigenvalue weighted by Crippen LogP contribution is -2.36. The summed E-state index contributed by atoms with van der Waals surface area (Å²) in [6.07, 6.45) is 4.74. The molecule has 28 heavy (non-hydrogen) atoms. The Balaban J connectivity index is 1.67. The second-order valence-electron chi connectivity index (χ2n) is 8.70. The minimum atomic E-state index is 0.208. The van der Waals surface area contributed by atoms with Crippen LogP contribution >= 0.6 is 0 Å². The van der Waals surface area contributed by atoms with Crippen molar-refractivity contribution in [3.8, 4) is 0 Å². The van der Waals surface area contributed by atoms with Gasteiger partial charge in [0.25, 0.3) is 0 Å². The van der Waals surface area contributed by atoms with Gasteiger partial charge in [-0.3, -0.25) is 0 Å². The number of aryl methyl sites for hydroxylation is 1. The Bertz CT molecular complexity index is 920. The summed E-state index contributed by atoms with van der Waals surface area (Å²) >= 11 is 0. The van der Waals surface area contributed by atoms with Crippen LogP contribution in [0.5, 0.6) is 0 Å². The predicted octanol–water partition coefficient (Wildman–Crippen LogP) is 4.51. The molecule has 0 unspecified atom stereocenters. The van der Waals surface area contributed by atoms with Gasteiger partial charge < -0.3 is 21.4 Å². The van der Waals surface area contributed by atoms with Crippen LogP contribution in [0.2, 0.25) is 0 Å². The summed E-state index contributed by atoms with van der Waals surface area (Å²) in [5.74, 6) is 0.604. The van der Waals surface area contributed by atoms with Gasteiger partial charge >= 0.3 is 0 Å². The maximum atomic E-state index is 6.25. The molecule has 0 radical (unpaired) electrons. The number of anilines is 1. The summed E-state index contributed by atoms with van der Waals surface area (Å²) in [6, 6.07) is 8.73. The molecule has 0 bridgehead atoms. The number of nitrogen functional groups attached to an aromatic ring is 1. The maximum absolute atomic E-state index is 6.25. The summed E-state index contributed by atoms with van der Waals surface area (Å²) in [6.45, 7) is 11.6. The second-order valence-corrected chi connectivity index (χ2v) is 8.70. The van der Waals surface area contributed by atoms with Gasteiger partial charge in [-0.25, -0.2) is 4.98 Å². The van der Waals surface area contributed by atoms with Gasteiger partial charge in [-0.1, -0.05) is 25.5 Å². The Hall–Kier alpha value is -2.11. The van der Waals surface area contributed by atoms with Crippen molar-refractivity contribution in [2.75, 3.05) is 18.8 Å². The van der Waals surface area contributed by atoms with Crippen LogP contribution in [0.3, 0.4) is 0 Å². The number of aromatic amines is 1. The second kappa shape index (κ2) is 8.93. The molecule has 5 heteroatoms. The topological polar surface area (TPSA) is 78.8 Å². The fourth-order valence-corrected chi connectivity index (χ4v) is 3.60. The van der Waals surface area contributed by atoms with Crippen LogP contribution < -0.4 is 16.4 Å². The minimum absolute atomic E-state index is 0.208. The molecule has 1 aromatic carbocycles. The van der Waals surface area contributed by atoms with Gasteiger partial charge in [-0.2, -0.15) is 0 Å². The molecule has 0 amide bonds. The number of nitrogens with zero attached hydrogens (tertiary/aromatic N) is 1. The first-order valence-corrected chi connectivity index (χ1v) is 10.5. The molecule has 5 N–H and O–H groups in total. The van der Waals surface area contributed by atoms with Crippen molar-refractivity contribution in [2.24, 2.45) is 0 Å². The Labute approximate surface area is 168 Å². The molecule has 0 atom stereocenters. The lowest BCUT2D eigenvalue weighted by atomic mass is 10.0. The van der Waals surface area contributed by atoms with Crippen LogP contribution in [0.15, 0.2) is 24.3 Å². The molecule has 0 aliphatic heterocycles. The molecule has 2 aromatic heterocycles. The highest BCUT2D eigenvalue weighted by molar-refractivity contribution is 6.08. The highest BCUT2D eigenvalue weighted by Crippen LogP contribution is 2.29. The van der Waals surface area contributed by atoms with Crippen LogP contribution in [-0.2, 0) is 13.0 Å². The molecule has 0 spiro atoms. The van der Waals surface area contributed by atoms with Crippen LogP contribution in [0, 0.1) is 0 Å². The van der Waals surface area contributed by atoms with E-state index >= 15 is 0 Å². The van der Waals surface area contributed by atoms with Gasteiger partial charge in [0.1, 0.15) is 5.82 Å². The first-order chi connectivity index (χ1) is 13.4. The number of hydrogen-bond acceptors (Lipinski definition) is 4. The Morgan fingerprint density at radius 2 is 1.89 bits per heavy atom. The van der Waals surface area contributed by atoms with E-state index in [2.05, 4.69) is 72.6 Å². The number of unbranched alkanes of at least 4 members (excludes halogenated alkanes) is 2. The molecule has 152 valence electrons. The summed E-state index contributed by atoms with van der Waals surface area (Å²) < 4.78 is 0. The third-order valence-electron chi connectivity index (χ3n) is 5.08. The van der Waals surface area contributed by atoms with Gasteiger partial charge in [0, 0.05) is 28.6 Å². The van der Waals surface area contributed by atoms with Crippen molar-refractivity contribution >= 4 is 27.6 Å². The Morgan fingerprint density at radius 3 is 2.64 bits per heavy atom. The third kappa shape index (κ3) is 5.24. The molecule has 0 saturated heterocycles. The zero-order valence-electron chi connectivity index (χ0n) is 17.8. The number of nitrogens with two attached hydrogens (primary N) is 1. The first-order valence-electron chi connectivity index (χ1n) is 10.5. The highest BCUT2D eigenvalue weighted by Gasteiger charge is 2.11. The van der Waals surface area contributed by atoms with Crippen LogP contribution in [0.4, 0.5) is 5.82 Å². The van der Waals surface area contributed by atoms with E-state index in [4.69, 9.17) is 5.73 Å². The number of hydrogen-bond donors (Lipinski definition) is 4. The monoisotopic (exact) mass is 381 g/mol. The van der Waals surface area contributed by atoms with E-state index in [0.29, 0.717) is 5.82 Å². The Kier molecular flexibility index (Phi) is 6.57. The average Bonchev–Trinajstić information content (AvgIpc) is 3.07. The van der Waals surface area contributed by atoms with Crippen molar-refractivity contribution in [3.05, 3.63) is 35.5 Å². The normalized spacial score (nSPS) is 12.3. The van der Waals surface area contributed by atoms with Crippen LogP contribution in [0.1, 0.15) is 58.2 Å². The zero-order valence-corrected chi connectivity index (χ0v) is 17.8. The molecular weight excluding hydrogens is 346 g/mol. The summed E-state index contributed by atoms with van der Waals surface area (Å²) in [5, 5.41) is 9.06. The van der Waals surface area contributed by atoms with E-state index in [0.717, 1.165) is 53.6 Å². The number of H-pyrrole nitrogens is 1. The number of fused-ring (bicyclic) bond motifs is 3. The van der Waals surface area contributed by atoms with Crippen molar-refractivity contribution in [1.82, 2.24) is 20.6 Å². The van der Waals surface area contributed by atoms with E-state index in [1.807, 2.05) is 0 Å². The minimum Gasteiger partial charge on any atom is -0.383 e. The van der Waals surface area contributed by atoms with Crippen LogP contribution in [-0.4, -0.2) is 28.6 Å². The summed E-state index contributed by atoms with van der Waals surface area (Å²) in [7, 11) is 0. The molecule has 5 nitrogen and oxygen atoms in total. The van der Waals surface area contributed by atoms with E-state index in [1.165, 1.54) is 24.8 Å². The van der Waals surface area contributed by atoms with Crippen molar-refractivity contribution in [2.45, 2.75) is 65.5 Å². The molecule has 0 aliphatic rings. The number of benzene rings is 1. The molecule has 0 fully saturated rings. The standard InChI is InChI=1S/C23H35N5/c1-5-25-15-17-14-19-21(27-17)18-11-10-16(13-20(18)28-22(19)24)9-7-6-8-12-26-23(2,3)4/h10-11,13-14,25-27H,5-9,12,15H2,1-4H3,(H2,24,28). The van der Waals surface area contributed by atoms with E-state index in [-0.39, 0.29) is 5.54 Å². The molecule has 0 saturated carbocycles.